The van der Waals surface area contributed by atoms with Crippen LogP contribution in [0, 0.1) is 17.2 Å². The number of rotatable bonds is 10. The van der Waals surface area contributed by atoms with E-state index in [4.69, 9.17) is 15.7 Å². The first-order chi connectivity index (χ1) is 14.9. The van der Waals surface area contributed by atoms with Gasteiger partial charge in [0.15, 0.2) is 0 Å². The third-order valence-electron chi connectivity index (χ3n) is 4.69. The minimum atomic E-state index is -1.03. The summed E-state index contributed by atoms with van der Waals surface area (Å²) in [4.78, 5) is 37.0. The minimum absolute atomic E-state index is 0.0454. The fraction of sp³-hybridized carbons (Fsp3) is 0.304. The summed E-state index contributed by atoms with van der Waals surface area (Å²) in [5.74, 6) is -1.82. The van der Waals surface area contributed by atoms with E-state index in [9.17, 15) is 14.4 Å². The van der Waals surface area contributed by atoms with Gasteiger partial charge >= 0.3 is 6.09 Å². The van der Waals surface area contributed by atoms with Crippen LogP contribution in [0.25, 0.3) is 0 Å². The summed E-state index contributed by atoms with van der Waals surface area (Å²) >= 11 is 0. The monoisotopic (exact) mass is 422 g/mol. The van der Waals surface area contributed by atoms with Gasteiger partial charge in [-0.25, -0.2) is 4.79 Å². The molecule has 0 saturated heterocycles. The van der Waals surface area contributed by atoms with Crippen LogP contribution in [-0.2, 0) is 27.4 Å². The highest BCUT2D eigenvalue weighted by Crippen LogP contribution is 2.10. The second-order valence-corrected chi connectivity index (χ2v) is 7.18. The van der Waals surface area contributed by atoms with E-state index in [1.54, 1.807) is 6.92 Å². The third-order valence-corrected chi connectivity index (χ3v) is 4.69. The summed E-state index contributed by atoms with van der Waals surface area (Å²) in [6.07, 6.45) is -0.532. The number of hydrogen-bond acceptors (Lipinski definition) is 5. The second kappa shape index (κ2) is 12.0. The molecule has 2 rings (SSSR count). The van der Waals surface area contributed by atoms with Crippen molar-refractivity contribution in [2.24, 2.45) is 11.7 Å². The molecule has 0 heterocycles. The number of carbonyl (C=O) groups is 3. The first-order valence-corrected chi connectivity index (χ1v) is 9.88. The number of benzene rings is 2. The number of nitrogens with one attached hydrogen (secondary N) is 2. The van der Waals surface area contributed by atoms with Crippen LogP contribution in [0.4, 0.5) is 4.79 Å². The zero-order chi connectivity index (χ0) is 22.6. The molecule has 0 aliphatic heterocycles. The van der Waals surface area contributed by atoms with Crippen molar-refractivity contribution in [2.45, 2.75) is 38.5 Å². The lowest BCUT2D eigenvalue weighted by Crippen LogP contribution is -2.55. The second-order valence-electron chi connectivity index (χ2n) is 7.18. The fourth-order valence-electron chi connectivity index (χ4n) is 2.98. The average molecular weight is 422 g/mol. The molecular formula is C23H26N4O4. The van der Waals surface area contributed by atoms with Gasteiger partial charge in [0.1, 0.15) is 18.7 Å². The Balaban J connectivity index is 2.09. The molecule has 0 fully saturated rings. The number of nitrogens with two attached hydrogens (primary N) is 1. The van der Waals surface area contributed by atoms with Gasteiger partial charge in [0, 0.05) is 12.8 Å². The van der Waals surface area contributed by atoms with Crippen LogP contribution in [-0.4, -0.2) is 30.0 Å². The summed E-state index contributed by atoms with van der Waals surface area (Å²) in [6, 6.07) is 18.2. The van der Waals surface area contributed by atoms with Gasteiger partial charge in [0.2, 0.25) is 11.8 Å². The standard InChI is InChI=1S/C23H26N4O4/c1-16(12-13-24)20(21(25)28)27-22(29)19(14-17-8-4-2-5-9-17)26-23(30)31-15-18-10-6-3-7-11-18/h2-11,16,19-20H,12,14-15H2,1H3,(H2,25,28)(H,26,30)(H,27,29)/t16-,19+,20-/m0/s1. The normalized spacial score (nSPS) is 13.2. The molecule has 4 N–H and O–H groups in total. The Bertz CT molecular complexity index is 912. The van der Waals surface area contributed by atoms with E-state index >= 15 is 0 Å². The van der Waals surface area contributed by atoms with Gasteiger partial charge < -0.3 is 21.1 Å². The third kappa shape index (κ3) is 7.82. The van der Waals surface area contributed by atoms with Gasteiger partial charge in [-0.3, -0.25) is 9.59 Å². The molecule has 0 radical (unpaired) electrons. The molecule has 3 amide bonds. The van der Waals surface area contributed by atoms with E-state index in [1.807, 2.05) is 66.7 Å². The first kappa shape index (κ1) is 23.4. The molecule has 8 nitrogen and oxygen atoms in total. The molecule has 0 aliphatic rings. The van der Waals surface area contributed by atoms with Crippen LogP contribution in [0.5, 0.6) is 0 Å². The Morgan fingerprint density at radius 2 is 1.58 bits per heavy atom. The van der Waals surface area contributed by atoms with Gasteiger partial charge in [-0.1, -0.05) is 67.6 Å². The predicted molar refractivity (Wildman–Crippen MR) is 114 cm³/mol. The molecule has 8 heteroatoms. The van der Waals surface area contributed by atoms with Gasteiger partial charge in [0.05, 0.1) is 6.07 Å². The largest absolute Gasteiger partial charge is 0.445 e. The topological polar surface area (TPSA) is 134 Å². The Morgan fingerprint density at radius 1 is 1.00 bits per heavy atom. The average Bonchev–Trinajstić information content (AvgIpc) is 2.76. The zero-order valence-corrected chi connectivity index (χ0v) is 17.3. The lowest BCUT2D eigenvalue weighted by Gasteiger charge is -2.24. The van der Waals surface area contributed by atoms with E-state index in [2.05, 4.69) is 10.6 Å². The number of hydrogen-bond donors (Lipinski definition) is 3. The van der Waals surface area contributed by atoms with Crippen molar-refractivity contribution in [2.75, 3.05) is 0 Å². The SMILES string of the molecule is C[C@@H](CC#N)[C@H](NC(=O)[C@@H](Cc1ccccc1)NC(=O)OCc1ccccc1)C(N)=O. The number of ether oxygens (including phenoxy) is 1. The molecule has 0 bridgehead atoms. The molecule has 3 atom stereocenters. The fourth-order valence-corrected chi connectivity index (χ4v) is 2.98. The Labute approximate surface area is 181 Å². The number of carbonyl (C=O) groups excluding carboxylic acids is 3. The highest BCUT2D eigenvalue weighted by Gasteiger charge is 2.29. The van der Waals surface area contributed by atoms with Crippen LogP contribution < -0.4 is 16.4 Å². The van der Waals surface area contributed by atoms with Crippen LogP contribution in [0.1, 0.15) is 24.5 Å². The van der Waals surface area contributed by atoms with Crippen molar-refractivity contribution in [3.05, 3.63) is 71.8 Å². The molecule has 31 heavy (non-hydrogen) atoms. The van der Waals surface area contributed by atoms with E-state index < -0.39 is 35.9 Å². The van der Waals surface area contributed by atoms with E-state index in [-0.39, 0.29) is 19.4 Å². The summed E-state index contributed by atoms with van der Waals surface area (Å²) in [6.45, 7) is 1.70. The van der Waals surface area contributed by atoms with E-state index in [0.29, 0.717) is 0 Å². The van der Waals surface area contributed by atoms with Gasteiger partial charge in [-0.2, -0.15) is 5.26 Å². The zero-order valence-electron chi connectivity index (χ0n) is 17.3. The molecule has 2 aromatic carbocycles. The van der Waals surface area contributed by atoms with Crippen molar-refractivity contribution >= 4 is 17.9 Å². The highest BCUT2D eigenvalue weighted by atomic mass is 16.5. The minimum Gasteiger partial charge on any atom is -0.445 e. The Hall–Kier alpha value is -3.86. The number of nitrogens with zero attached hydrogens (tertiary/aromatic N) is 1. The molecular weight excluding hydrogens is 396 g/mol. The van der Waals surface area contributed by atoms with Crippen molar-refractivity contribution in [1.29, 1.82) is 5.26 Å². The number of primary amides is 1. The lowest BCUT2D eigenvalue weighted by molar-refractivity contribution is -0.129. The smallest absolute Gasteiger partial charge is 0.408 e. The number of amides is 3. The molecule has 0 aliphatic carbocycles. The highest BCUT2D eigenvalue weighted by molar-refractivity contribution is 5.91. The molecule has 2 aromatic rings. The lowest BCUT2D eigenvalue weighted by atomic mass is 9.97. The summed E-state index contributed by atoms with van der Waals surface area (Å²) < 4.78 is 5.22. The van der Waals surface area contributed by atoms with Gasteiger partial charge in [-0.15, -0.1) is 0 Å². The van der Waals surface area contributed by atoms with E-state index in [0.717, 1.165) is 11.1 Å². The number of nitriles is 1. The van der Waals surface area contributed by atoms with Crippen LogP contribution in [0.15, 0.2) is 60.7 Å². The quantitative estimate of drug-likeness (QED) is 0.539. The molecule has 0 spiro atoms. The molecule has 0 saturated carbocycles. The maximum Gasteiger partial charge on any atom is 0.408 e. The van der Waals surface area contributed by atoms with Crippen LogP contribution in [0.3, 0.4) is 0 Å². The predicted octanol–water partition coefficient (Wildman–Crippen LogP) is 2.04. The number of alkyl carbamates (subject to hydrolysis) is 1. The molecule has 162 valence electrons. The van der Waals surface area contributed by atoms with E-state index in [1.165, 1.54) is 0 Å². The van der Waals surface area contributed by atoms with Crippen molar-refractivity contribution in [3.8, 4) is 6.07 Å². The first-order valence-electron chi connectivity index (χ1n) is 9.88. The summed E-state index contributed by atoms with van der Waals surface area (Å²) in [7, 11) is 0. The van der Waals surface area contributed by atoms with Crippen LogP contribution >= 0.6 is 0 Å². The van der Waals surface area contributed by atoms with Crippen molar-refractivity contribution in [1.82, 2.24) is 10.6 Å². The summed E-state index contributed by atoms with van der Waals surface area (Å²) in [5, 5.41) is 14.0. The maximum absolute atomic E-state index is 12.9. The maximum atomic E-state index is 12.9. The molecule has 0 aromatic heterocycles. The van der Waals surface area contributed by atoms with Crippen molar-refractivity contribution < 1.29 is 19.1 Å². The van der Waals surface area contributed by atoms with Gasteiger partial charge in [-0.05, 0) is 17.0 Å². The molecule has 0 unspecified atom stereocenters. The van der Waals surface area contributed by atoms with Gasteiger partial charge in [0.25, 0.3) is 0 Å². The van der Waals surface area contributed by atoms with Crippen LogP contribution in [0.2, 0.25) is 0 Å². The van der Waals surface area contributed by atoms with Crippen molar-refractivity contribution in [3.63, 3.8) is 0 Å². The Kier molecular flexibility index (Phi) is 9.05. The summed E-state index contributed by atoms with van der Waals surface area (Å²) in [5.41, 5.74) is 7.03. The Morgan fingerprint density at radius 3 is 2.13 bits per heavy atom.